The van der Waals surface area contributed by atoms with Gasteiger partial charge >= 0.3 is 0 Å². The van der Waals surface area contributed by atoms with Gasteiger partial charge in [0, 0.05) is 17.6 Å². The highest BCUT2D eigenvalue weighted by Crippen LogP contribution is 2.24. The van der Waals surface area contributed by atoms with Gasteiger partial charge in [0.25, 0.3) is 0 Å². The van der Waals surface area contributed by atoms with Gasteiger partial charge in [-0.1, -0.05) is 30.3 Å². The normalized spacial score (nSPS) is 12.0. The third-order valence-corrected chi connectivity index (χ3v) is 3.35. The number of benzene rings is 2. The Morgan fingerprint density at radius 3 is 2.57 bits per heavy atom. The minimum absolute atomic E-state index is 0.0715. The van der Waals surface area contributed by atoms with Gasteiger partial charge in [0.05, 0.1) is 5.69 Å². The molecule has 0 fully saturated rings. The molecule has 0 amide bonds. The lowest BCUT2D eigenvalue weighted by atomic mass is 10.1. The average molecular weight is 280 g/mol. The van der Waals surface area contributed by atoms with Gasteiger partial charge in [-0.25, -0.2) is 4.98 Å². The van der Waals surface area contributed by atoms with E-state index in [0.717, 1.165) is 11.3 Å². The van der Waals surface area contributed by atoms with E-state index in [1.807, 2.05) is 12.1 Å². The highest BCUT2D eigenvalue weighted by molar-refractivity contribution is 5.86. The molecule has 0 saturated heterocycles. The summed E-state index contributed by atoms with van der Waals surface area (Å²) in [4.78, 5) is 4.56. The lowest BCUT2D eigenvalue weighted by Crippen LogP contribution is -2.35. The first kappa shape index (κ1) is 13.8. The highest BCUT2D eigenvalue weighted by atomic mass is 16.3. The average Bonchev–Trinajstić information content (AvgIpc) is 2.93. The topological polar surface area (TPSA) is 38.1 Å². The zero-order chi connectivity index (χ0) is 14.9. The first-order valence-corrected chi connectivity index (χ1v) is 7.20. The highest BCUT2D eigenvalue weighted by Gasteiger charge is 2.11. The van der Waals surface area contributed by atoms with Crippen LogP contribution < -0.4 is 5.32 Å². The fraction of sp³-hybridized carbons (Fsp3) is 0.278. The van der Waals surface area contributed by atoms with Crippen molar-refractivity contribution in [1.29, 1.82) is 0 Å². The Labute approximate surface area is 125 Å². The summed E-state index contributed by atoms with van der Waals surface area (Å²) in [5.41, 5.74) is 2.01. The monoisotopic (exact) mass is 280 g/mol. The number of aromatic nitrogens is 1. The summed E-state index contributed by atoms with van der Waals surface area (Å²) < 4.78 is 5.61. The summed E-state index contributed by atoms with van der Waals surface area (Å²) in [7, 11) is 0. The van der Waals surface area contributed by atoms with Gasteiger partial charge in [-0.05, 0) is 43.7 Å². The third-order valence-electron chi connectivity index (χ3n) is 3.35. The van der Waals surface area contributed by atoms with Crippen LogP contribution in [-0.4, -0.2) is 10.5 Å². The standard InChI is InChI=1S/C18H20N2O/c1-18(2,3)19-11-16-12-21-17(20-16)15-9-8-13-6-4-5-7-14(13)10-15/h4-10,12,19H,11H2,1-3H3. The molecule has 1 heterocycles. The molecule has 3 rings (SSSR count). The molecule has 0 atom stereocenters. The van der Waals surface area contributed by atoms with E-state index in [9.17, 15) is 0 Å². The number of nitrogens with one attached hydrogen (secondary N) is 1. The van der Waals surface area contributed by atoms with E-state index < -0.39 is 0 Å². The molecule has 0 aliphatic carbocycles. The zero-order valence-corrected chi connectivity index (χ0v) is 12.7. The third kappa shape index (κ3) is 3.31. The maximum absolute atomic E-state index is 5.61. The van der Waals surface area contributed by atoms with Crippen LogP contribution in [0.25, 0.3) is 22.2 Å². The largest absolute Gasteiger partial charge is 0.444 e. The van der Waals surface area contributed by atoms with Crippen molar-refractivity contribution in [2.75, 3.05) is 0 Å². The lowest BCUT2D eigenvalue weighted by Gasteiger charge is -2.19. The van der Waals surface area contributed by atoms with E-state index >= 15 is 0 Å². The Balaban J connectivity index is 1.84. The van der Waals surface area contributed by atoms with Gasteiger partial charge in [0.1, 0.15) is 6.26 Å². The number of hydrogen-bond donors (Lipinski definition) is 1. The quantitative estimate of drug-likeness (QED) is 0.773. The van der Waals surface area contributed by atoms with E-state index in [2.05, 4.69) is 61.4 Å². The molecule has 0 bridgehead atoms. The van der Waals surface area contributed by atoms with E-state index in [0.29, 0.717) is 12.4 Å². The molecular weight excluding hydrogens is 260 g/mol. The number of oxazole rings is 1. The van der Waals surface area contributed by atoms with E-state index in [1.165, 1.54) is 10.8 Å². The summed E-state index contributed by atoms with van der Waals surface area (Å²) in [6.07, 6.45) is 1.73. The van der Waals surface area contributed by atoms with Gasteiger partial charge in [0.15, 0.2) is 0 Å². The van der Waals surface area contributed by atoms with Crippen LogP contribution in [-0.2, 0) is 6.54 Å². The molecule has 1 aromatic heterocycles. The summed E-state index contributed by atoms with van der Waals surface area (Å²) >= 11 is 0. The smallest absolute Gasteiger partial charge is 0.226 e. The number of hydrogen-bond acceptors (Lipinski definition) is 3. The van der Waals surface area contributed by atoms with Crippen molar-refractivity contribution in [2.24, 2.45) is 0 Å². The second kappa shape index (κ2) is 5.34. The van der Waals surface area contributed by atoms with Gasteiger partial charge in [-0.15, -0.1) is 0 Å². The van der Waals surface area contributed by atoms with Crippen molar-refractivity contribution in [1.82, 2.24) is 10.3 Å². The van der Waals surface area contributed by atoms with Crippen molar-refractivity contribution in [3.8, 4) is 11.5 Å². The zero-order valence-electron chi connectivity index (χ0n) is 12.7. The van der Waals surface area contributed by atoms with Gasteiger partial charge in [-0.2, -0.15) is 0 Å². The van der Waals surface area contributed by atoms with Gasteiger partial charge in [0.2, 0.25) is 5.89 Å². The number of fused-ring (bicyclic) bond motifs is 1. The first-order chi connectivity index (χ1) is 10.0. The Morgan fingerprint density at radius 2 is 1.81 bits per heavy atom. The van der Waals surface area contributed by atoms with E-state index in [4.69, 9.17) is 4.42 Å². The Kier molecular flexibility index (Phi) is 3.52. The number of rotatable bonds is 3. The fourth-order valence-corrected chi connectivity index (χ4v) is 2.20. The molecule has 0 radical (unpaired) electrons. The predicted molar refractivity (Wildman–Crippen MR) is 86.0 cm³/mol. The van der Waals surface area contributed by atoms with Gasteiger partial charge in [-0.3, -0.25) is 0 Å². The maximum atomic E-state index is 5.61. The van der Waals surface area contributed by atoms with Crippen molar-refractivity contribution >= 4 is 10.8 Å². The van der Waals surface area contributed by atoms with Crippen LogP contribution in [0.15, 0.2) is 53.1 Å². The second-order valence-corrected chi connectivity index (χ2v) is 6.31. The molecule has 0 saturated carbocycles. The molecule has 1 N–H and O–H groups in total. The Bertz CT molecular complexity index is 753. The van der Waals surface area contributed by atoms with Crippen LogP contribution >= 0.6 is 0 Å². The minimum atomic E-state index is 0.0715. The molecule has 0 unspecified atom stereocenters. The minimum Gasteiger partial charge on any atom is -0.444 e. The van der Waals surface area contributed by atoms with Crippen molar-refractivity contribution in [3.05, 3.63) is 54.4 Å². The van der Waals surface area contributed by atoms with Crippen molar-refractivity contribution < 1.29 is 4.42 Å². The molecule has 0 spiro atoms. The van der Waals surface area contributed by atoms with Crippen molar-refractivity contribution in [2.45, 2.75) is 32.9 Å². The molecule has 2 aromatic carbocycles. The van der Waals surface area contributed by atoms with Gasteiger partial charge < -0.3 is 9.73 Å². The molecule has 21 heavy (non-hydrogen) atoms. The molecule has 3 heteroatoms. The van der Waals surface area contributed by atoms with E-state index in [1.54, 1.807) is 6.26 Å². The molecule has 108 valence electrons. The Hall–Kier alpha value is -2.13. The SMILES string of the molecule is CC(C)(C)NCc1coc(-c2ccc3ccccc3c2)n1. The molecular formula is C18H20N2O. The summed E-state index contributed by atoms with van der Waals surface area (Å²) in [5.74, 6) is 0.673. The van der Waals surface area contributed by atoms with Crippen LogP contribution in [0.3, 0.4) is 0 Å². The molecule has 3 nitrogen and oxygen atoms in total. The Morgan fingerprint density at radius 1 is 1.05 bits per heavy atom. The summed E-state index contributed by atoms with van der Waals surface area (Å²) in [5, 5.41) is 5.83. The van der Waals surface area contributed by atoms with Crippen LogP contribution in [0.5, 0.6) is 0 Å². The molecule has 0 aliphatic heterocycles. The number of nitrogens with zero attached hydrogens (tertiary/aromatic N) is 1. The molecule has 3 aromatic rings. The van der Waals surface area contributed by atoms with E-state index in [-0.39, 0.29) is 5.54 Å². The van der Waals surface area contributed by atoms with Crippen LogP contribution in [0.1, 0.15) is 26.5 Å². The first-order valence-electron chi connectivity index (χ1n) is 7.20. The van der Waals surface area contributed by atoms with Crippen LogP contribution in [0.4, 0.5) is 0 Å². The second-order valence-electron chi connectivity index (χ2n) is 6.31. The fourth-order valence-electron chi connectivity index (χ4n) is 2.20. The summed E-state index contributed by atoms with van der Waals surface area (Å²) in [6.45, 7) is 7.12. The van der Waals surface area contributed by atoms with Crippen molar-refractivity contribution in [3.63, 3.8) is 0 Å². The lowest BCUT2D eigenvalue weighted by molar-refractivity contribution is 0.421. The molecule has 0 aliphatic rings. The van der Waals surface area contributed by atoms with Crippen LogP contribution in [0, 0.1) is 0 Å². The summed E-state index contributed by atoms with van der Waals surface area (Å²) in [6, 6.07) is 14.6. The maximum Gasteiger partial charge on any atom is 0.226 e. The predicted octanol–water partition coefficient (Wildman–Crippen LogP) is 4.38. The van der Waals surface area contributed by atoms with Crippen LogP contribution in [0.2, 0.25) is 0 Å².